The average Bonchev–Trinajstić information content (AvgIpc) is 3.40. The summed E-state index contributed by atoms with van der Waals surface area (Å²) in [6.07, 6.45) is 1.29. The second-order valence-electron chi connectivity index (χ2n) is 12.0. The molecule has 5 heterocycles. The third kappa shape index (κ3) is 4.36. The first-order chi connectivity index (χ1) is 21.6. The summed E-state index contributed by atoms with van der Waals surface area (Å²) in [5.74, 6) is -1.33. The lowest BCUT2D eigenvalue weighted by Crippen LogP contribution is -2.62. The molecule has 2 atom stereocenters. The van der Waals surface area contributed by atoms with Crippen molar-refractivity contribution in [1.29, 1.82) is 0 Å². The number of pyridine rings is 2. The molecule has 45 heavy (non-hydrogen) atoms. The van der Waals surface area contributed by atoms with Crippen LogP contribution in [0.4, 0.5) is 10.1 Å². The maximum atomic E-state index is 16.4. The van der Waals surface area contributed by atoms with Gasteiger partial charge in [-0.15, -0.1) is 0 Å². The molecule has 7 rings (SSSR count). The number of carbonyl (C=O) groups is 1. The van der Waals surface area contributed by atoms with E-state index >= 15 is 4.39 Å². The quantitative estimate of drug-likeness (QED) is 0.284. The summed E-state index contributed by atoms with van der Waals surface area (Å²) >= 11 is 0. The summed E-state index contributed by atoms with van der Waals surface area (Å²) in [5.41, 5.74) is 3.28. The molecule has 5 aromatic rings. The van der Waals surface area contributed by atoms with Crippen molar-refractivity contribution in [2.24, 2.45) is 0 Å². The molecular weight excluding hydrogens is 577 g/mol. The van der Waals surface area contributed by atoms with Gasteiger partial charge in [-0.2, -0.15) is 0 Å². The number of fused-ring (bicyclic) bond motifs is 6. The molecule has 2 aliphatic rings. The molecule has 1 N–H and O–H groups in total. The molecule has 230 valence electrons. The summed E-state index contributed by atoms with van der Waals surface area (Å²) < 4.78 is 29.6. The van der Waals surface area contributed by atoms with Crippen LogP contribution in [-0.4, -0.2) is 57.1 Å². The summed E-state index contributed by atoms with van der Waals surface area (Å²) in [6.45, 7) is 12.3. The lowest BCUT2D eigenvalue weighted by molar-refractivity contribution is -0.129. The highest BCUT2D eigenvalue weighted by Crippen LogP contribution is 2.42. The Hall–Kier alpha value is -5.19. The summed E-state index contributed by atoms with van der Waals surface area (Å²) in [7, 11) is 0. The number of hydrogen-bond acceptors (Lipinski definition) is 7. The Balaban J connectivity index is 1.56. The summed E-state index contributed by atoms with van der Waals surface area (Å²) in [5, 5.41) is 0.394. The van der Waals surface area contributed by atoms with Crippen LogP contribution in [0, 0.1) is 12.7 Å². The first-order valence-electron chi connectivity index (χ1n) is 14.9. The van der Waals surface area contributed by atoms with Gasteiger partial charge in [-0.05, 0) is 55.2 Å². The third-order valence-electron chi connectivity index (χ3n) is 8.88. The standard InChI is InChI=1S/C34H32FN5O5/c1-6-26(41)38-15-20-16-44-31-29(39(20)14-19(38)5)22-13-23(35)28(27-18(4)11-12-24-30(27)45-34(43)36-24)37-32(22)40(33(31)42)25-10-8-7-9-21(25)17(2)3/h6-13,17,19-20H,1,14-16H2,2-5H3,(H,36,43). The van der Waals surface area contributed by atoms with Gasteiger partial charge in [0.2, 0.25) is 11.7 Å². The molecular formula is C34H32FN5O5. The number of nitrogens with one attached hydrogen (secondary N) is 1. The van der Waals surface area contributed by atoms with Crippen molar-refractivity contribution < 1.29 is 18.3 Å². The molecule has 0 aliphatic carbocycles. The number of anilines is 1. The zero-order chi connectivity index (χ0) is 31.7. The fraction of sp³-hybridized carbons (Fsp3) is 0.294. The number of halogens is 1. The molecule has 1 amide bonds. The summed E-state index contributed by atoms with van der Waals surface area (Å²) in [4.78, 5) is 50.5. The van der Waals surface area contributed by atoms with E-state index in [2.05, 4.69) is 11.6 Å². The van der Waals surface area contributed by atoms with Gasteiger partial charge < -0.3 is 19.0 Å². The number of rotatable bonds is 4. The molecule has 11 heteroatoms. The Morgan fingerprint density at radius 2 is 1.96 bits per heavy atom. The number of amides is 1. The molecule has 10 nitrogen and oxygen atoms in total. The van der Waals surface area contributed by atoms with Crippen molar-refractivity contribution in [3.05, 3.63) is 93.0 Å². The molecule has 1 fully saturated rings. The first kappa shape index (κ1) is 28.6. The first-order valence-corrected chi connectivity index (χ1v) is 14.9. The average molecular weight is 610 g/mol. The number of H-pyrrole nitrogens is 1. The number of ether oxygens (including phenoxy) is 1. The van der Waals surface area contributed by atoms with Crippen molar-refractivity contribution in [1.82, 2.24) is 19.4 Å². The molecule has 2 aromatic carbocycles. The van der Waals surface area contributed by atoms with Crippen molar-refractivity contribution in [3.8, 4) is 22.7 Å². The van der Waals surface area contributed by atoms with Crippen molar-refractivity contribution in [2.45, 2.75) is 45.7 Å². The van der Waals surface area contributed by atoms with Crippen molar-refractivity contribution in [3.63, 3.8) is 0 Å². The molecule has 2 aliphatic heterocycles. The fourth-order valence-corrected chi connectivity index (χ4v) is 6.71. The second kappa shape index (κ2) is 10.5. The Morgan fingerprint density at radius 1 is 1.18 bits per heavy atom. The minimum atomic E-state index is -0.665. The van der Waals surface area contributed by atoms with E-state index in [-0.39, 0.29) is 53.2 Å². The monoisotopic (exact) mass is 609 g/mol. The molecule has 0 radical (unpaired) electrons. The van der Waals surface area contributed by atoms with Crippen LogP contribution in [0.25, 0.3) is 39.1 Å². The number of hydrogen-bond donors (Lipinski definition) is 1. The normalized spacial score (nSPS) is 17.8. The van der Waals surface area contributed by atoms with Gasteiger partial charge in [-0.1, -0.05) is 44.7 Å². The van der Waals surface area contributed by atoms with E-state index in [0.717, 1.165) is 5.56 Å². The Labute approximate surface area is 257 Å². The van der Waals surface area contributed by atoms with Crippen LogP contribution < -0.4 is 21.0 Å². The van der Waals surface area contributed by atoms with E-state index in [1.807, 2.05) is 49.9 Å². The zero-order valence-corrected chi connectivity index (χ0v) is 25.4. The molecule has 1 saturated heterocycles. The van der Waals surface area contributed by atoms with Gasteiger partial charge in [0.1, 0.15) is 18.1 Å². The van der Waals surface area contributed by atoms with E-state index in [4.69, 9.17) is 14.1 Å². The zero-order valence-electron chi connectivity index (χ0n) is 25.4. The number of benzene rings is 2. The van der Waals surface area contributed by atoms with E-state index in [9.17, 15) is 14.4 Å². The van der Waals surface area contributed by atoms with Crippen molar-refractivity contribution >= 4 is 33.7 Å². The van der Waals surface area contributed by atoms with Crippen LogP contribution in [-0.2, 0) is 4.79 Å². The molecule has 0 spiro atoms. The van der Waals surface area contributed by atoms with Gasteiger partial charge in [0, 0.05) is 24.5 Å². The van der Waals surface area contributed by atoms with Crippen LogP contribution in [0.1, 0.15) is 37.8 Å². The maximum Gasteiger partial charge on any atom is 0.417 e. The largest absolute Gasteiger partial charge is 0.484 e. The molecule has 2 unspecified atom stereocenters. The van der Waals surface area contributed by atoms with Gasteiger partial charge in [0.05, 0.1) is 28.5 Å². The number of para-hydroxylation sites is 1. The number of piperazine rings is 1. The number of aromatic nitrogens is 3. The Kier molecular flexibility index (Phi) is 6.65. The highest BCUT2D eigenvalue weighted by atomic mass is 19.1. The lowest BCUT2D eigenvalue weighted by Gasteiger charge is -2.48. The molecule has 3 aromatic heterocycles. The predicted octanol–water partition coefficient (Wildman–Crippen LogP) is 5.04. The van der Waals surface area contributed by atoms with Crippen LogP contribution in [0.3, 0.4) is 0 Å². The van der Waals surface area contributed by atoms with Gasteiger partial charge >= 0.3 is 11.3 Å². The van der Waals surface area contributed by atoms with Crippen LogP contribution in [0.5, 0.6) is 5.75 Å². The topological polar surface area (TPSA) is 114 Å². The smallest absolute Gasteiger partial charge is 0.417 e. The highest BCUT2D eigenvalue weighted by Gasteiger charge is 2.40. The molecule has 0 saturated carbocycles. The number of carbonyl (C=O) groups excluding carboxylic acids is 1. The van der Waals surface area contributed by atoms with Gasteiger partial charge in [0.15, 0.2) is 11.2 Å². The van der Waals surface area contributed by atoms with Crippen molar-refractivity contribution in [2.75, 3.05) is 24.6 Å². The lowest BCUT2D eigenvalue weighted by atomic mass is 9.99. The van der Waals surface area contributed by atoms with Crippen LogP contribution in [0.2, 0.25) is 0 Å². The minimum Gasteiger partial charge on any atom is -0.484 e. The SMILES string of the molecule is C=CC(=O)N1CC2COc3c(c4cc(F)c(-c5c(C)ccc6[nH]c(=O)oc56)nc4n(-c4ccccc4C(C)C)c3=O)N2CC1C. The van der Waals surface area contributed by atoms with E-state index in [1.165, 1.54) is 16.7 Å². The van der Waals surface area contributed by atoms with Gasteiger partial charge in [-0.25, -0.2) is 14.2 Å². The number of aromatic amines is 1. The van der Waals surface area contributed by atoms with Gasteiger partial charge in [0.25, 0.3) is 0 Å². The summed E-state index contributed by atoms with van der Waals surface area (Å²) in [6, 6.07) is 11.9. The number of oxazole rings is 1. The predicted molar refractivity (Wildman–Crippen MR) is 170 cm³/mol. The fourth-order valence-electron chi connectivity index (χ4n) is 6.71. The third-order valence-corrected chi connectivity index (χ3v) is 8.88. The van der Waals surface area contributed by atoms with Crippen LogP contribution in [0.15, 0.2) is 69.1 Å². The van der Waals surface area contributed by atoms with E-state index in [1.54, 1.807) is 24.0 Å². The van der Waals surface area contributed by atoms with Gasteiger partial charge in [-0.3, -0.25) is 19.1 Å². The second-order valence-corrected chi connectivity index (χ2v) is 12.0. The Bertz CT molecular complexity index is 2160. The number of aryl methyl sites for hydroxylation is 1. The maximum absolute atomic E-state index is 16.4. The van der Waals surface area contributed by atoms with E-state index < -0.39 is 17.1 Å². The minimum absolute atomic E-state index is 0.0495. The van der Waals surface area contributed by atoms with Crippen LogP contribution >= 0.6 is 0 Å². The molecule has 0 bridgehead atoms. The van der Waals surface area contributed by atoms with E-state index in [0.29, 0.717) is 46.5 Å². The Morgan fingerprint density at radius 3 is 2.71 bits per heavy atom. The highest BCUT2D eigenvalue weighted by molar-refractivity contribution is 5.98. The number of nitrogens with zero attached hydrogens (tertiary/aromatic N) is 4.